The van der Waals surface area contributed by atoms with Crippen LogP contribution < -0.4 is 0 Å². The van der Waals surface area contributed by atoms with E-state index in [2.05, 4.69) is 42.2 Å². The van der Waals surface area contributed by atoms with Crippen LogP contribution in [0, 0.1) is 17.3 Å². The predicted molar refractivity (Wildman–Crippen MR) is 87.8 cm³/mol. The van der Waals surface area contributed by atoms with Crippen molar-refractivity contribution < 1.29 is 9.90 Å². The lowest BCUT2D eigenvalue weighted by Gasteiger charge is -2.25. The summed E-state index contributed by atoms with van der Waals surface area (Å²) in [6, 6.07) is 10.6. The molecule has 2 aliphatic rings. The summed E-state index contributed by atoms with van der Waals surface area (Å²) < 4.78 is 0. The van der Waals surface area contributed by atoms with Gasteiger partial charge in [0, 0.05) is 19.6 Å². The standard InChI is InChI=1S/C19H27NO2/c1-15(9-10-16-6-3-2-4-7-16)12-20-13-17-8-5-11-19(17,14-20)18(21)22/h2-4,6-7,15,17H,5,8-14H2,1H3,(H,21,22)/t15?,17-,19+/m0/s1. The number of carboxylic acid groups (broad SMARTS) is 1. The highest BCUT2D eigenvalue weighted by Gasteiger charge is 2.54. The van der Waals surface area contributed by atoms with Crippen LogP contribution in [0.1, 0.15) is 38.2 Å². The molecule has 1 saturated carbocycles. The number of likely N-dealkylation sites (tertiary alicyclic amines) is 1. The van der Waals surface area contributed by atoms with E-state index in [1.54, 1.807) is 0 Å². The fourth-order valence-electron chi connectivity index (χ4n) is 4.47. The highest BCUT2D eigenvalue weighted by atomic mass is 16.4. The van der Waals surface area contributed by atoms with Crippen molar-refractivity contribution in [1.82, 2.24) is 4.90 Å². The first-order valence-electron chi connectivity index (χ1n) is 8.60. The van der Waals surface area contributed by atoms with Gasteiger partial charge in [0.05, 0.1) is 5.41 Å². The van der Waals surface area contributed by atoms with E-state index in [1.165, 1.54) is 12.0 Å². The van der Waals surface area contributed by atoms with Gasteiger partial charge >= 0.3 is 5.97 Å². The van der Waals surface area contributed by atoms with Gasteiger partial charge in [0.25, 0.3) is 0 Å². The minimum absolute atomic E-state index is 0.381. The fourth-order valence-corrected chi connectivity index (χ4v) is 4.47. The van der Waals surface area contributed by atoms with Crippen LogP contribution in [0.4, 0.5) is 0 Å². The van der Waals surface area contributed by atoms with Crippen molar-refractivity contribution in [2.24, 2.45) is 17.3 Å². The average Bonchev–Trinajstić information content (AvgIpc) is 3.04. The van der Waals surface area contributed by atoms with Crippen molar-refractivity contribution in [3.63, 3.8) is 0 Å². The van der Waals surface area contributed by atoms with Gasteiger partial charge in [-0.3, -0.25) is 4.79 Å². The van der Waals surface area contributed by atoms with E-state index in [4.69, 9.17) is 0 Å². The third kappa shape index (κ3) is 3.05. The zero-order valence-electron chi connectivity index (χ0n) is 13.5. The van der Waals surface area contributed by atoms with Gasteiger partial charge in [-0.25, -0.2) is 0 Å². The van der Waals surface area contributed by atoms with Crippen LogP contribution in [0.15, 0.2) is 30.3 Å². The smallest absolute Gasteiger partial charge is 0.311 e. The van der Waals surface area contributed by atoms with Crippen molar-refractivity contribution in [3.05, 3.63) is 35.9 Å². The molecule has 1 aliphatic carbocycles. The summed E-state index contributed by atoms with van der Waals surface area (Å²) in [7, 11) is 0. The SMILES string of the molecule is CC(CCc1ccccc1)CN1C[C@@H]2CCC[C@@]2(C(=O)O)C1. The number of fused-ring (bicyclic) bond motifs is 1. The average molecular weight is 301 g/mol. The zero-order chi connectivity index (χ0) is 15.6. The van der Waals surface area contributed by atoms with Crippen molar-refractivity contribution >= 4 is 5.97 Å². The van der Waals surface area contributed by atoms with Crippen LogP contribution >= 0.6 is 0 Å². The highest BCUT2D eigenvalue weighted by Crippen LogP contribution is 2.48. The first-order valence-corrected chi connectivity index (χ1v) is 8.60. The third-order valence-corrected chi connectivity index (χ3v) is 5.71. The Morgan fingerprint density at radius 2 is 2.18 bits per heavy atom. The molecular weight excluding hydrogens is 274 g/mol. The zero-order valence-corrected chi connectivity index (χ0v) is 13.5. The molecular formula is C19H27NO2. The molecule has 3 heteroatoms. The summed E-state index contributed by atoms with van der Waals surface area (Å²) in [6.07, 6.45) is 5.35. The lowest BCUT2D eigenvalue weighted by Crippen LogP contribution is -2.36. The summed E-state index contributed by atoms with van der Waals surface area (Å²) in [6.45, 7) is 5.09. The van der Waals surface area contributed by atoms with Crippen molar-refractivity contribution in [1.29, 1.82) is 0 Å². The van der Waals surface area contributed by atoms with E-state index in [0.717, 1.165) is 45.3 Å². The van der Waals surface area contributed by atoms with E-state index in [0.29, 0.717) is 11.8 Å². The van der Waals surface area contributed by atoms with Gasteiger partial charge in [-0.05, 0) is 43.1 Å². The molecule has 1 aromatic rings. The first kappa shape index (κ1) is 15.5. The van der Waals surface area contributed by atoms with Crippen LogP contribution in [0.2, 0.25) is 0 Å². The number of carboxylic acids is 1. The topological polar surface area (TPSA) is 40.5 Å². The molecule has 0 amide bonds. The third-order valence-electron chi connectivity index (χ3n) is 5.71. The lowest BCUT2D eigenvalue weighted by molar-refractivity contribution is -0.149. The summed E-state index contributed by atoms with van der Waals surface area (Å²) in [5.41, 5.74) is 0.966. The van der Waals surface area contributed by atoms with Gasteiger partial charge in [-0.2, -0.15) is 0 Å². The Morgan fingerprint density at radius 3 is 2.86 bits per heavy atom. The van der Waals surface area contributed by atoms with Gasteiger partial charge in [0.15, 0.2) is 0 Å². The maximum absolute atomic E-state index is 11.7. The summed E-state index contributed by atoms with van der Waals surface area (Å²) in [5, 5.41) is 9.65. The maximum atomic E-state index is 11.7. The molecule has 0 radical (unpaired) electrons. The molecule has 1 aromatic carbocycles. The highest BCUT2D eigenvalue weighted by molar-refractivity contribution is 5.76. The normalized spacial score (nSPS) is 29.4. The van der Waals surface area contributed by atoms with Crippen LogP contribution in [0.25, 0.3) is 0 Å². The second-order valence-corrected chi connectivity index (χ2v) is 7.37. The number of carbonyl (C=O) groups is 1. The van der Waals surface area contributed by atoms with Crippen molar-refractivity contribution in [3.8, 4) is 0 Å². The fraction of sp³-hybridized carbons (Fsp3) is 0.632. The Bertz CT molecular complexity index is 515. The van der Waals surface area contributed by atoms with Gasteiger partial charge in [-0.15, -0.1) is 0 Å². The molecule has 1 heterocycles. The van der Waals surface area contributed by atoms with Crippen LogP contribution in [0.5, 0.6) is 0 Å². The molecule has 0 aromatic heterocycles. The molecule has 1 aliphatic heterocycles. The Balaban J connectivity index is 1.51. The Morgan fingerprint density at radius 1 is 1.41 bits per heavy atom. The maximum Gasteiger partial charge on any atom is 0.311 e. The van der Waals surface area contributed by atoms with Crippen molar-refractivity contribution in [2.45, 2.75) is 39.0 Å². The quantitative estimate of drug-likeness (QED) is 0.875. The summed E-state index contributed by atoms with van der Waals surface area (Å²) >= 11 is 0. The van der Waals surface area contributed by atoms with Crippen molar-refractivity contribution in [2.75, 3.05) is 19.6 Å². The molecule has 22 heavy (non-hydrogen) atoms. The first-order chi connectivity index (χ1) is 10.6. The molecule has 120 valence electrons. The molecule has 1 unspecified atom stereocenters. The van der Waals surface area contributed by atoms with E-state index >= 15 is 0 Å². The molecule has 3 nitrogen and oxygen atoms in total. The lowest BCUT2D eigenvalue weighted by atomic mass is 9.81. The second kappa shape index (κ2) is 6.41. The molecule has 2 fully saturated rings. The molecule has 3 atom stereocenters. The number of hydrogen-bond acceptors (Lipinski definition) is 2. The monoisotopic (exact) mass is 301 g/mol. The number of nitrogens with zero attached hydrogens (tertiary/aromatic N) is 1. The number of rotatable bonds is 6. The molecule has 0 spiro atoms. The van der Waals surface area contributed by atoms with Crippen LogP contribution in [-0.4, -0.2) is 35.6 Å². The molecule has 1 N–H and O–H groups in total. The van der Waals surface area contributed by atoms with E-state index in [-0.39, 0.29) is 0 Å². The number of aliphatic carboxylic acids is 1. The largest absolute Gasteiger partial charge is 0.481 e. The van der Waals surface area contributed by atoms with E-state index in [1.807, 2.05) is 0 Å². The van der Waals surface area contributed by atoms with Gasteiger partial charge in [-0.1, -0.05) is 43.7 Å². The summed E-state index contributed by atoms with van der Waals surface area (Å²) in [4.78, 5) is 14.1. The number of benzene rings is 1. The minimum Gasteiger partial charge on any atom is -0.481 e. The predicted octanol–water partition coefficient (Wildman–Crippen LogP) is 3.44. The van der Waals surface area contributed by atoms with E-state index < -0.39 is 11.4 Å². The number of hydrogen-bond donors (Lipinski definition) is 1. The number of aryl methyl sites for hydroxylation is 1. The molecule has 3 rings (SSSR count). The Labute approximate surface area is 133 Å². The molecule has 0 bridgehead atoms. The van der Waals surface area contributed by atoms with E-state index in [9.17, 15) is 9.90 Å². The Kier molecular flexibility index (Phi) is 4.53. The Hall–Kier alpha value is -1.35. The molecule has 1 saturated heterocycles. The van der Waals surface area contributed by atoms with Crippen LogP contribution in [-0.2, 0) is 11.2 Å². The minimum atomic E-state index is -0.561. The van der Waals surface area contributed by atoms with Crippen LogP contribution in [0.3, 0.4) is 0 Å². The van der Waals surface area contributed by atoms with Gasteiger partial charge in [0.2, 0.25) is 0 Å². The van der Waals surface area contributed by atoms with Gasteiger partial charge in [0.1, 0.15) is 0 Å². The second-order valence-electron chi connectivity index (χ2n) is 7.37. The summed E-state index contributed by atoms with van der Waals surface area (Å²) in [5.74, 6) is 0.436. The van der Waals surface area contributed by atoms with Gasteiger partial charge < -0.3 is 10.0 Å².